The summed E-state index contributed by atoms with van der Waals surface area (Å²) in [6.07, 6.45) is 0.905. The molecule has 20 heavy (non-hydrogen) atoms. The Morgan fingerprint density at radius 2 is 1.55 bits per heavy atom. The van der Waals surface area contributed by atoms with Crippen molar-refractivity contribution in [3.05, 3.63) is 17.7 Å². The summed E-state index contributed by atoms with van der Waals surface area (Å²) in [5.41, 5.74) is -0.00347. The number of benzene rings is 1. The SMILES string of the molecule is CCC(=O)O.CCCOC(=O)c1cc(O)c(O)c(O)c1. The highest BCUT2D eigenvalue weighted by Gasteiger charge is 2.13. The van der Waals surface area contributed by atoms with Gasteiger partial charge in [-0.2, -0.15) is 0 Å². The molecule has 0 bridgehead atoms. The molecule has 1 aromatic rings. The zero-order chi connectivity index (χ0) is 15.7. The summed E-state index contributed by atoms with van der Waals surface area (Å²) in [6, 6.07) is 2.07. The lowest BCUT2D eigenvalue weighted by Gasteiger charge is -2.05. The number of rotatable bonds is 4. The first-order valence-corrected chi connectivity index (χ1v) is 5.97. The third kappa shape index (κ3) is 5.94. The largest absolute Gasteiger partial charge is 0.504 e. The molecular weight excluding hydrogens is 268 g/mol. The monoisotopic (exact) mass is 286 g/mol. The number of hydrogen-bond donors (Lipinski definition) is 4. The second-order valence-corrected chi connectivity index (χ2v) is 3.75. The summed E-state index contributed by atoms with van der Waals surface area (Å²) in [6.45, 7) is 3.71. The molecule has 0 unspecified atom stereocenters. The van der Waals surface area contributed by atoms with Crippen LogP contribution in [0.15, 0.2) is 12.1 Å². The maximum Gasteiger partial charge on any atom is 0.338 e. The number of aromatic hydroxyl groups is 3. The van der Waals surface area contributed by atoms with Crippen LogP contribution in [-0.4, -0.2) is 39.0 Å². The zero-order valence-electron chi connectivity index (χ0n) is 11.3. The lowest BCUT2D eigenvalue weighted by atomic mass is 10.2. The van der Waals surface area contributed by atoms with E-state index in [-0.39, 0.29) is 18.6 Å². The molecule has 0 aliphatic heterocycles. The van der Waals surface area contributed by atoms with Crippen molar-refractivity contribution in [1.29, 1.82) is 0 Å². The Kier molecular flexibility index (Phi) is 7.57. The summed E-state index contributed by atoms with van der Waals surface area (Å²) in [7, 11) is 0. The topological polar surface area (TPSA) is 124 Å². The molecule has 0 aliphatic rings. The van der Waals surface area contributed by atoms with Crippen LogP contribution >= 0.6 is 0 Å². The van der Waals surface area contributed by atoms with E-state index in [0.717, 1.165) is 12.1 Å². The standard InChI is InChI=1S/C10H12O5.C3H6O2/c1-2-3-15-10(14)6-4-7(11)9(13)8(12)5-6;1-2-3(4)5/h4-5,11-13H,2-3H2,1H3;2H2,1H3,(H,4,5). The number of ether oxygens (including phenoxy) is 1. The van der Waals surface area contributed by atoms with Crippen LogP contribution < -0.4 is 0 Å². The number of hydrogen-bond acceptors (Lipinski definition) is 6. The molecule has 0 aromatic heterocycles. The molecular formula is C13H18O7. The summed E-state index contributed by atoms with van der Waals surface area (Å²) >= 11 is 0. The van der Waals surface area contributed by atoms with Gasteiger partial charge >= 0.3 is 11.9 Å². The summed E-state index contributed by atoms with van der Waals surface area (Å²) in [4.78, 5) is 20.7. The molecule has 112 valence electrons. The molecule has 7 heteroatoms. The predicted octanol–water partition coefficient (Wildman–Crippen LogP) is 1.85. The highest BCUT2D eigenvalue weighted by atomic mass is 16.5. The Morgan fingerprint density at radius 1 is 1.10 bits per heavy atom. The van der Waals surface area contributed by atoms with E-state index >= 15 is 0 Å². The fourth-order valence-electron chi connectivity index (χ4n) is 1.00. The van der Waals surface area contributed by atoms with E-state index in [1.165, 1.54) is 0 Å². The van der Waals surface area contributed by atoms with Gasteiger partial charge in [-0.25, -0.2) is 4.79 Å². The lowest BCUT2D eigenvalue weighted by molar-refractivity contribution is -0.136. The van der Waals surface area contributed by atoms with Gasteiger partial charge in [0.2, 0.25) is 0 Å². The quantitative estimate of drug-likeness (QED) is 0.491. The number of phenolic OH excluding ortho intramolecular Hbond substituents is 3. The van der Waals surface area contributed by atoms with Crippen molar-refractivity contribution < 1.29 is 34.8 Å². The third-order valence-corrected chi connectivity index (χ3v) is 2.05. The second kappa shape index (κ2) is 8.63. The van der Waals surface area contributed by atoms with Crippen LogP contribution in [0.5, 0.6) is 17.2 Å². The fourth-order valence-corrected chi connectivity index (χ4v) is 1.00. The van der Waals surface area contributed by atoms with Gasteiger partial charge in [0.15, 0.2) is 17.2 Å². The van der Waals surface area contributed by atoms with Crippen LogP contribution in [0.3, 0.4) is 0 Å². The van der Waals surface area contributed by atoms with E-state index in [4.69, 9.17) is 25.2 Å². The minimum Gasteiger partial charge on any atom is -0.504 e. The summed E-state index contributed by atoms with van der Waals surface area (Å²) < 4.78 is 4.78. The Morgan fingerprint density at radius 3 is 1.90 bits per heavy atom. The average Bonchev–Trinajstić information content (AvgIpc) is 2.42. The van der Waals surface area contributed by atoms with Crippen molar-refractivity contribution in [2.45, 2.75) is 26.7 Å². The number of carbonyl (C=O) groups excluding carboxylic acids is 1. The van der Waals surface area contributed by atoms with Crippen LogP contribution in [0.1, 0.15) is 37.0 Å². The molecule has 0 amide bonds. The van der Waals surface area contributed by atoms with Gasteiger partial charge in [0.1, 0.15) is 0 Å². The average molecular weight is 286 g/mol. The van der Waals surface area contributed by atoms with Crippen molar-refractivity contribution in [2.75, 3.05) is 6.61 Å². The molecule has 0 saturated carbocycles. The number of aliphatic carboxylic acids is 1. The van der Waals surface area contributed by atoms with Crippen LogP contribution in [0.25, 0.3) is 0 Å². The van der Waals surface area contributed by atoms with Gasteiger partial charge in [-0.05, 0) is 18.6 Å². The smallest absolute Gasteiger partial charge is 0.338 e. The normalized spacial score (nSPS) is 9.30. The maximum absolute atomic E-state index is 11.3. The van der Waals surface area contributed by atoms with E-state index < -0.39 is 29.2 Å². The van der Waals surface area contributed by atoms with Crippen LogP contribution in [0.2, 0.25) is 0 Å². The summed E-state index contributed by atoms with van der Waals surface area (Å²) in [5.74, 6) is -3.16. The summed E-state index contributed by atoms with van der Waals surface area (Å²) in [5, 5.41) is 35.0. The number of carboxylic acid groups (broad SMARTS) is 1. The van der Waals surface area contributed by atoms with E-state index in [1.54, 1.807) is 6.92 Å². The van der Waals surface area contributed by atoms with Gasteiger partial charge in [0.05, 0.1) is 12.2 Å². The molecule has 0 spiro atoms. The molecule has 0 heterocycles. The number of carbonyl (C=O) groups is 2. The lowest BCUT2D eigenvalue weighted by Crippen LogP contribution is -2.05. The molecule has 1 aromatic carbocycles. The molecule has 7 nitrogen and oxygen atoms in total. The van der Waals surface area contributed by atoms with E-state index in [9.17, 15) is 9.59 Å². The van der Waals surface area contributed by atoms with Gasteiger partial charge in [0, 0.05) is 6.42 Å². The first kappa shape index (κ1) is 17.6. The Labute approximate surface area is 116 Å². The highest BCUT2D eigenvalue weighted by molar-refractivity contribution is 5.91. The first-order valence-electron chi connectivity index (χ1n) is 5.97. The number of carboxylic acids is 1. The van der Waals surface area contributed by atoms with Gasteiger partial charge in [-0.3, -0.25) is 4.79 Å². The second-order valence-electron chi connectivity index (χ2n) is 3.75. The Hall–Kier alpha value is -2.44. The van der Waals surface area contributed by atoms with Crippen LogP contribution in [0.4, 0.5) is 0 Å². The minimum atomic E-state index is -0.745. The van der Waals surface area contributed by atoms with Gasteiger partial charge < -0.3 is 25.2 Å². The Bertz CT molecular complexity index is 445. The van der Waals surface area contributed by atoms with Gasteiger partial charge in [-0.15, -0.1) is 0 Å². The van der Waals surface area contributed by atoms with Gasteiger partial charge in [-0.1, -0.05) is 13.8 Å². The zero-order valence-corrected chi connectivity index (χ0v) is 11.3. The van der Waals surface area contributed by atoms with Crippen LogP contribution in [0, 0.1) is 0 Å². The minimum absolute atomic E-state index is 0.00347. The van der Waals surface area contributed by atoms with E-state index in [0.29, 0.717) is 6.42 Å². The van der Waals surface area contributed by atoms with Crippen molar-refractivity contribution in [2.24, 2.45) is 0 Å². The Balaban J connectivity index is 0.000000621. The molecule has 0 saturated heterocycles. The van der Waals surface area contributed by atoms with Crippen molar-refractivity contribution in [1.82, 2.24) is 0 Å². The molecule has 0 fully saturated rings. The molecule has 1 rings (SSSR count). The molecule has 0 aliphatic carbocycles. The predicted molar refractivity (Wildman–Crippen MR) is 69.9 cm³/mol. The molecule has 4 N–H and O–H groups in total. The first-order chi connectivity index (χ1) is 9.33. The van der Waals surface area contributed by atoms with E-state index in [2.05, 4.69) is 0 Å². The molecule has 0 radical (unpaired) electrons. The van der Waals surface area contributed by atoms with Crippen molar-refractivity contribution >= 4 is 11.9 Å². The fraction of sp³-hybridized carbons (Fsp3) is 0.385. The van der Waals surface area contributed by atoms with Gasteiger partial charge in [0.25, 0.3) is 0 Å². The van der Waals surface area contributed by atoms with Crippen LogP contribution in [-0.2, 0) is 9.53 Å². The van der Waals surface area contributed by atoms with Crippen molar-refractivity contribution in [3.8, 4) is 17.2 Å². The van der Waals surface area contributed by atoms with Crippen molar-refractivity contribution in [3.63, 3.8) is 0 Å². The number of esters is 1. The maximum atomic E-state index is 11.3. The number of phenols is 3. The van der Waals surface area contributed by atoms with E-state index in [1.807, 2.05) is 6.92 Å². The molecule has 0 atom stereocenters. The third-order valence-electron chi connectivity index (χ3n) is 2.05. The highest BCUT2D eigenvalue weighted by Crippen LogP contribution is 2.35.